The average Bonchev–Trinajstić information content (AvgIpc) is 3.24. The van der Waals surface area contributed by atoms with E-state index in [1.165, 1.54) is 4.90 Å². The Labute approximate surface area is 192 Å². The number of primary amides is 1. The largest absolute Gasteiger partial charge is 0.368 e. The molecule has 1 rings (SSSR count). The zero-order valence-electron chi connectivity index (χ0n) is 18.6. The van der Waals surface area contributed by atoms with Gasteiger partial charge < -0.3 is 27.4 Å². The molecule has 0 unspecified atom stereocenters. The number of nitroso groups, excluding NO2 is 1. The first-order valence-electron chi connectivity index (χ1n) is 10.7. The lowest BCUT2D eigenvalue weighted by Gasteiger charge is -2.35. The molecule has 0 aliphatic carbocycles. The Hall–Kier alpha value is -2.31. The van der Waals surface area contributed by atoms with Gasteiger partial charge in [0.05, 0.1) is 11.8 Å². The Morgan fingerprint density at radius 3 is 2.44 bits per heavy atom. The first-order valence-corrected chi connectivity index (χ1v) is 11.2. The summed E-state index contributed by atoms with van der Waals surface area (Å²) in [5.74, 6) is -3.36. The molecule has 3 atom stereocenters. The molecule has 0 bridgehead atoms. The summed E-state index contributed by atoms with van der Waals surface area (Å²) in [6, 6.07) is -1.84. The Balaban J connectivity index is 3.18. The first-order chi connectivity index (χ1) is 15.0. The second-order valence-corrected chi connectivity index (χ2v) is 8.58. The van der Waals surface area contributed by atoms with Gasteiger partial charge in [0.1, 0.15) is 12.1 Å². The summed E-state index contributed by atoms with van der Waals surface area (Å²) in [4.78, 5) is 63.4. The fraction of sp³-hybridized carbons (Fsp3) is 0.789. The van der Waals surface area contributed by atoms with Crippen LogP contribution in [0.4, 0.5) is 0 Å². The Bertz CT molecular complexity index is 708. The van der Waals surface area contributed by atoms with Gasteiger partial charge in [0, 0.05) is 12.4 Å². The van der Waals surface area contributed by atoms with Crippen molar-refractivity contribution in [2.45, 2.75) is 63.6 Å². The van der Waals surface area contributed by atoms with Crippen LogP contribution in [0.1, 0.15) is 46.0 Å². The maximum atomic E-state index is 13.5. The molecular formula is C19H34ClN7O5. The third-order valence-corrected chi connectivity index (χ3v) is 5.67. The van der Waals surface area contributed by atoms with Crippen molar-refractivity contribution in [2.24, 2.45) is 28.4 Å². The summed E-state index contributed by atoms with van der Waals surface area (Å²) < 4.78 is 0. The zero-order chi connectivity index (χ0) is 24.5. The topological polar surface area (TPSA) is 194 Å². The van der Waals surface area contributed by atoms with Crippen LogP contribution in [-0.2, 0) is 19.2 Å². The van der Waals surface area contributed by atoms with Crippen LogP contribution >= 0.6 is 11.6 Å². The molecule has 12 nitrogen and oxygen atoms in total. The number of unbranched alkanes of at least 4 members (excludes halogenated alkanes) is 1. The summed E-state index contributed by atoms with van der Waals surface area (Å²) in [6.07, 6.45) is 1.58. The van der Waals surface area contributed by atoms with Crippen LogP contribution in [0, 0.1) is 10.8 Å². The summed E-state index contributed by atoms with van der Waals surface area (Å²) >= 11 is 5.63. The maximum Gasteiger partial charge on any atom is 0.275 e. The molecule has 32 heavy (non-hydrogen) atoms. The highest BCUT2D eigenvalue weighted by Gasteiger charge is 2.50. The number of nitrogens with zero attached hydrogens (tertiary/aromatic N) is 3. The average molecular weight is 476 g/mol. The highest BCUT2D eigenvalue weighted by Crippen LogP contribution is 2.26. The van der Waals surface area contributed by atoms with Gasteiger partial charge in [0.25, 0.3) is 11.8 Å². The van der Waals surface area contributed by atoms with E-state index in [9.17, 15) is 24.1 Å². The monoisotopic (exact) mass is 475 g/mol. The summed E-state index contributed by atoms with van der Waals surface area (Å²) in [5, 5.41) is 5.77. The van der Waals surface area contributed by atoms with Gasteiger partial charge in [-0.1, -0.05) is 13.8 Å². The van der Waals surface area contributed by atoms with Crippen LogP contribution < -0.4 is 22.5 Å². The molecule has 1 fully saturated rings. The van der Waals surface area contributed by atoms with Crippen molar-refractivity contribution >= 4 is 35.2 Å². The molecule has 13 heteroatoms. The number of carbonyl (C=O) groups excluding carboxylic acids is 4. The van der Waals surface area contributed by atoms with Gasteiger partial charge in [-0.15, -0.1) is 16.5 Å². The minimum Gasteiger partial charge on any atom is -0.368 e. The fourth-order valence-electron chi connectivity index (χ4n) is 3.70. The first kappa shape index (κ1) is 27.7. The van der Waals surface area contributed by atoms with E-state index in [1.807, 2.05) is 0 Å². The molecule has 1 saturated heterocycles. The second kappa shape index (κ2) is 12.7. The second-order valence-electron chi connectivity index (χ2n) is 8.21. The molecule has 0 radical (unpaired) electrons. The summed E-state index contributed by atoms with van der Waals surface area (Å²) in [5.41, 5.74) is 15.1. The Morgan fingerprint density at radius 1 is 1.28 bits per heavy atom. The summed E-state index contributed by atoms with van der Waals surface area (Å²) in [7, 11) is 0. The van der Waals surface area contributed by atoms with Crippen molar-refractivity contribution in [3.63, 3.8) is 0 Å². The number of hydrogen-bond acceptors (Lipinski definition) is 8. The lowest BCUT2D eigenvalue weighted by Crippen LogP contribution is -2.66. The zero-order valence-corrected chi connectivity index (χ0v) is 19.3. The van der Waals surface area contributed by atoms with Crippen LogP contribution in [-0.4, -0.2) is 76.7 Å². The number of likely N-dealkylation sites (tertiary alicyclic amines) is 1. The highest BCUT2D eigenvalue weighted by molar-refractivity contribution is 6.18. The van der Waals surface area contributed by atoms with Crippen molar-refractivity contribution in [1.82, 2.24) is 15.2 Å². The lowest BCUT2D eigenvalue weighted by molar-refractivity contribution is -0.152. The van der Waals surface area contributed by atoms with E-state index >= 15 is 0 Å². The molecule has 0 aromatic heterocycles. The molecule has 0 spiro atoms. The van der Waals surface area contributed by atoms with E-state index in [1.54, 1.807) is 13.8 Å². The van der Waals surface area contributed by atoms with E-state index in [0.717, 1.165) is 0 Å². The Kier molecular flexibility index (Phi) is 11.0. The van der Waals surface area contributed by atoms with E-state index < -0.39 is 41.3 Å². The number of hydrogen-bond donors (Lipinski definition) is 4. The van der Waals surface area contributed by atoms with Crippen molar-refractivity contribution in [1.29, 1.82) is 0 Å². The van der Waals surface area contributed by atoms with Gasteiger partial charge in [0.15, 0.2) is 5.54 Å². The maximum absolute atomic E-state index is 13.5. The van der Waals surface area contributed by atoms with Crippen molar-refractivity contribution in [3.05, 3.63) is 4.91 Å². The van der Waals surface area contributed by atoms with Crippen molar-refractivity contribution < 1.29 is 19.2 Å². The highest BCUT2D eigenvalue weighted by atomic mass is 35.5. The summed E-state index contributed by atoms with van der Waals surface area (Å²) in [6.45, 7) is 3.76. The number of carbonyl (C=O) groups is 4. The molecule has 7 N–H and O–H groups in total. The molecule has 0 saturated carbocycles. The molecule has 0 aromatic carbocycles. The SMILES string of the molecule is CC(C)[C@H](NC(=O)[C@@H]1CCCN1C(=O)[C@@](N)(CCCCN)C(=O)N(CCCl)N=O)C(N)=O. The molecule has 4 amide bonds. The van der Waals surface area contributed by atoms with E-state index in [2.05, 4.69) is 10.6 Å². The van der Waals surface area contributed by atoms with Gasteiger partial charge in [-0.25, -0.2) is 0 Å². The van der Waals surface area contributed by atoms with Gasteiger partial charge in [-0.05, 0) is 44.6 Å². The minimum atomic E-state index is -2.11. The third-order valence-electron chi connectivity index (χ3n) is 5.51. The third kappa shape index (κ3) is 6.59. The van der Waals surface area contributed by atoms with Gasteiger partial charge in [-0.3, -0.25) is 19.2 Å². The molecule has 1 aliphatic rings. The molecule has 182 valence electrons. The number of nitrogens with one attached hydrogen (secondary N) is 1. The van der Waals surface area contributed by atoms with Crippen LogP contribution in [0.25, 0.3) is 0 Å². The standard InChI is InChI=1S/C19H34ClN7O5/c1-12(2)14(15(22)28)24-16(29)13-6-5-10-26(13)17(30)19(23,7-3-4-9-21)18(31)27(25-32)11-8-20/h12-14H,3-11,21,23H2,1-2H3,(H2,22,28)(H,24,29)/t13-,14-,19-/m0/s1. The quantitative estimate of drug-likeness (QED) is 0.0877. The van der Waals surface area contributed by atoms with Gasteiger partial charge >= 0.3 is 0 Å². The number of rotatable bonds is 13. The number of halogens is 1. The van der Waals surface area contributed by atoms with Crippen LogP contribution in [0.5, 0.6) is 0 Å². The number of nitrogens with two attached hydrogens (primary N) is 3. The van der Waals surface area contributed by atoms with Crippen molar-refractivity contribution in [3.8, 4) is 0 Å². The molecule has 1 aliphatic heterocycles. The van der Waals surface area contributed by atoms with E-state index in [0.29, 0.717) is 37.2 Å². The van der Waals surface area contributed by atoms with Crippen LogP contribution in [0.15, 0.2) is 5.29 Å². The fourth-order valence-corrected chi connectivity index (χ4v) is 3.86. The molecule has 0 aromatic rings. The van der Waals surface area contributed by atoms with Crippen LogP contribution in [0.3, 0.4) is 0 Å². The predicted molar refractivity (Wildman–Crippen MR) is 119 cm³/mol. The normalized spacial score (nSPS) is 18.7. The predicted octanol–water partition coefficient (Wildman–Crippen LogP) is -0.821. The number of amides is 4. The smallest absolute Gasteiger partial charge is 0.275 e. The van der Waals surface area contributed by atoms with E-state index in [4.69, 9.17) is 28.8 Å². The van der Waals surface area contributed by atoms with Gasteiger partial charge in [0.2, 0.25) is 11.8 Å². The molecule has 1 heterocycles. The minimum absolute atomic E-state index is 0.0804. The lowest BCUT2D eigenvalue weighted by atomic mass is 9.90. The Morgan fingerprint density at radius 2 is 1.94 bits per heavy atom. The van der Waals surface area contributed by atoms with Crippen LogP contribution in [0.2, 0.25) is 0 Å². The van der Waals surface area contributed by atoms with Gasteiger partial charge in [-0.2, -0.15) is 5.01 Å². The van der Waals surface area contributed by atoms with E-state index in [-0.39, 0.29) is 31.3 Å². The number of alkyl halides is 1. The van der Waals surface area contributed by atoms with Crippen molar-refractivity contribution in [2.75, 3.05) is 25.5 Å². The molecular weight excluding hydrogens is 442 g/mol.